The first-order chi connectivity index (χ1) is 8.99. The lowest BCUT2D eigenvalue weighted by Gasteiger charge is -2.05. The van der Waals surface area contributed by atoms with Crippen LogP contribution in [0.1, 0.15) is 5.56 Å². The Hall–Kier alpha value is -2.02. The third-order valence-corrected chi connectivity index (χ3v) is 3.62. The monoisotopic (exact) mass is 279 g/mol. The molecule has 0 atom stereocenters. The highest BCUT2D eigenvalue weighted by molar-refractivity contribution is 7.99. The number of phenolic OH excluding ortho intramolecular Hbond substituents is 1. The molecule has 0 aliphatic rings. The molecule has 2 N–H and O–H groups in total. The summed E-state index contributed by atoms with van der Waals surface area (Å²) < 4.78 is 1.74. The lowest BCUT2D eigenvalue weighted by molar-refractivity contribution is -0.133. The first-order valence-corrected chi connectivity index (χ1v) is 6.51. The smallest absolute Gasteiger partial charge is 0.313 e. The van der Waals surface area contributed by atoms with E-state index in [4.69, 9.17) is 5.11 Å². The van der Waals surface area contributed by atoms with Crippen molar-refractivity contribution in [3.63, 3.8) is 0 Å². The molecular formula is C12H13N3O3S. The highest BCUT2D eigenvalue weighted by Crippen LogP contribution is 2.26. The summed E-state index contributed by atoms with van der Waals surface area (Å²) in [4.78, 5) is 10.5. The Morgan fingerprint density at radius 1 is 1.42 bits per heavy atom. The molecule has 0 aliphatic carbocycles. The van der Waals surface area contributed by atoms with Crippen LogP contribution in [0.5, 0.6) is 5.75 Å². The first kappa shape index (κ1) is 13.4. The van der Waals surface area contributed by atoms with Crippen LogP contribution in [0.25, 0.3) is 11.4 Å². The van der Waals surface area contributed by atoms with E-state index in [-0.39, 0.29) is 11.5 Å². The molecule has 0 fully saturated rings. The van der Waals surface area contributed by atoms with Crippen LogP contribution < -0.4 is 0 Å². The Balaban J connectivity index is 2.30. The van der Waals surface area contributed by atoms with Gasteiger partial charge in [-0.1, -0.05) is 11.8 Å². The maximum Gasteiger partial charge on any atom is 0.313 e. The highest BCUT2D eigenvalue weighted by Gasteiger charge is 2.13. The summed E-state index contributed by atoms with van der Waals surface area (Å²) in [7, 11) is 1.78. The minimum absolute atomic E-state index is 0.0550. The highest BCUT2D eigenvalue weighted by atomic mass is 32.2. The van der Waals surface area contributed by atoms with Crippen LogP contribution in [-0.4, -0.2) is 36.7 Å². The molecule has 1 heterocycles. The number of aromatic hydroxyl groups is 1. The van der Waals surface area contributed by atoms with Crippen molar-refractivity contribution < 1.29 is 15.0 Å². The molecule has 0 aliphatic heterocycles. The molecule has 0 unspecified atom stereocenters. The number of carboxylic acids is 1. The zero-order valence-corrected chi connectivity index (χ0v) is 11.3. The molecule has 19 heavy (non-hydrogen) atoms. The largest absolute Gasteiger partial charge is 0.508 e. The number of benzene rings is 1. The molecule has 6 nitrogen and oxygen atoms in total. The van der Waals surface area contributed by atoms with Crippen LogP contribution in [0, 0.1) is 6.92 Å². The minimum Gasteiger partial charge on any atom is -0.508 e. The first-order valence-electron chi connectivity index (χ1n) is 5.53. The zero-order valence-electron chi connectivity index (χ0n) is 10.5. The fourth-order valence-corrected chi connectivity index (χ4v) is 2.24. The van der Waals surface area contributed by atoms with Crippen LogP contribution in [0.3, 0.4) is 0 Å². The van der Waals surface area contributed by atoms with Gasteiger partial charge in [-0.15, -0.1) is 10.2 Å². The van der Waals surface area contributed by atoms with E-state index in [1.807, 2.05) is 6.07 Å². The number of aromatic nitrogens is 3. The lowest BCUT2D eigenvalue weighted by Crippen LogP contribution is -2.01. The van der Waals surface area contributed by atoms with E-state index in [1.165, 1.54) is 0 Å². The molecular weight excluding hydrogens is 266 g/mol. The molecule has 0 saturated heterocycles. The predicted molar refractivity (Wildman–Crippen MR) is 71.2 cm³/mol. The normalized spacial score (nSPS) is 10.6. The predicted octanol–water partition coefficient (Wildman–Crippen LogP) is 1.67. The summed E-state index contributed by atoms with van der Waals surface area (Å²) in [5.74, 6) is -0.0852. The summed E-state index contributed by atoms with van der Waals surface area (Å²) >= 11 is 1.12. The van der Waals surface area contributed by atoms with Crippen molar-refractivity contribution >= 4 is 17.7 Å². The molecule has 0 bridgehead atoms. The molecule has 0 saturated carbocycles. The van der Waals surface area contributed by atoms with Crippen molar-refractivity contribution in [2.45, 2.75) is 12.1 Å². The van der Waals surface area contributed by atoms with E-state index in [1.54, 1.807) is 30.7 Å². The number of aliphatic carboxylic acids is 1. The van der Waals surface area contributed by atoms with Crippen LogP contribution >= 0.6 is 11.8 Å². The number of aryl methyl sites for hydroxylation is 1. The van der Waals surface area contributed by atoms with Gasteiger partial charge in [-0.25, -0.2) is 0 Å². The molecule has 0 amide bonds. The third kappa shape index (κ3) is 2.87. The number of carboxylic acid groups (broad SMARTS) is 1. The van der Waals surface area contributed by atoms with E-state index < -0.39 is 5.97 Å². The molecule has 2 rings (SSSR count). The summed E-state index contributed by atoms with van der Waals surface area (Å²) in [5, 5.41) is 26.7. The van der Waals surface area contributed by atoms with Gasteiger partial charge in [0.05, 0.1) is 5.75 Å². The quantitative estimate of drug-likeness (QED) is 0.828. The molecule has 1 aromatic heterocycles. The average Bonchev–Trinajstić information content (AvgIpc) is 2.72. The second kappa shape index (κ2) is 5.31. The van der Waals surface area contributed by atoms with E-state index in [2.05, 4.69) is 10.2 Å². The van der Waals surface area contributed by atoms with Crippen molar-refractivity contribution in [1.29, 1.82) is 0 Å². The number of phenols is 1. The van der Waals surface area contributed by atoms with Gasteiger partial charge in [0.1, 0.15) is 5.75 Å². The average molecular weight is 279 g/mol. The standard InChI is InChI=1S/C12H13N3O3S/c1-7-5-8(3-4-9(7)16)11-13-14-12(15(11)2)19-6-10(17)18/h3-5,16H,6H2,1-2H3,(H,17,18). The Bertz CT molecular complexity index is 625. The van der Waals surface area contributed by atoms with Gasteiger partial charge in [0.2, 0.25) is 0 Å². The van der Waals surface area contributed by atoms with Gasteiger partial charge in [0.25, 0.3) is 0 Å². The van der Waals surface area contributed by atoms with Gasteiger partial charge in [-0.3, -0.25) is 4.79 Å². The summed E-state index contributed by atoms with van der Waals surface area (Å²) in [6, 6.07) is 5.16. The molecule has 100 valence electrons. The zero-order chi connectivity index (χ0) is 14.0. The Labute approximate surface area is 114 Å². The molecule has 1 aromatic carbocycles. The van der Waals surface area contributed by atoms with Crippen molar-refractivity contribution in [2.24, 2.45) is 7.05 Å². The van der Waals surface area contributed by atoms with Crippen LogP contribution in [0.15, 0.2) is 23.4 Å². The fourth-order valence-electron chi connectivity index (χ4n) is 1.61. The van der Waals surface area contributed by atoms with Gasteiger partial charge < -0.3 is 14.8 Å². The summed E-state index contributed by atoms with van der Waals surface area (Å²) in [5.41, 5.74) is 1.58. The van der Waals surface area contributed by atoms with Crippen molar-refractivity contribution in [3.05, 3.63) is 23.8 Å². The van der Waals surface area contributed by atoms with Crippen LogP contribution in [0.2, 0.25) is 0 Å². The van der Waals surface area contributed by atoms with E-state index >= 15 is 0 Å². The number of hydrogen-bond acceptors (Lipinski definition) is 5. The fraction of sp³-hybridized carbons (Fsp3) is 0.250. The van der Waals surface area contributed by atoms with Crippen molar-refractivity contribution in [2.75, 3.05) is 5.75 Å². The van der Waals surface area contributed by atoms with Crippen molar-refractivity contribution in [1.82, 2.24) is 14.8 Å². The van der Waals surface area contributed by atoms with Crippen LogP contribution in [-0.2, 0) is 11.8 Å². The van der Waals surface area contributed by atoms with E-state index in [9.17, 15) is 9.90 Å². The SMILES string of the molecule is Cc1cc(-c2nnc(SCC(=O)O)n2C)ccc1O. The topological polar surface area (TPSA) is 88.2 Å². The Kier molecular flexibility index (Phi) is 3.75. The number of carbonyl (C=O) groups is 1. The molecule has 0 spiro atoms. The molecule has 2 aromatic rings. The minimum atomic E-state index is -0.893. The lowest BCUT2D eigenvalue weighted by atomic mass is 10.1. The second-order valence-electron chi connectivity index (χ2n) is 4.05. The van der Waals surface area contributed by atoms with Gasteiger partial charge in [-0.2, -0.15) is 0 Å². The van der Waals surface area contributed by atoms with Gasteiger partial charge in [0, 0.05) is 12.6 Å². The summed E-state index contributed by atoms with van der Waals surface area (Å²) in [6.45, 7) is 1.80. The van der Waals surface area contributed by atoms with Gasteiger partial charge >= 0.3 is 5.97 Å². The maximum absolute atomic E-state index is 10.5. The van der Waals surface area contributed by atoms with Crippen LogP contribution in [0.4, 0.5) is 0 Å². The molecule has 0 radical (unpaired) electrons. The third-order valence-electron chi connectivity index (χ3n) is 2.61. The number of rotatable bonds is 4. The Morgan fingerprint density at radius 2 is 2.16 bits per heavy atom. The number of nitrogens with zero attached hydrogens (tertiary/aromatic N) is 3. The molecule has 7 heteroatoms. The Morgan fingerprint density at radius 3 is 2.79 bits per heavy atom. The van der Waals surface area contributed by atoms with Gasteiger partial charge in [0.15, 0.2) is 11.0 Å². The van der Waals surface area contributed by atoms with E-state index in [0.29, 0.717) is 11.0 Å². The number of hydrogen-bond donors (Lipinski definition) is 2. The van der Waals surface area contributed by atoms with Crippen molar-refractivity contribution in [3.8, 4) is 17.1 Å². The van der Waals surface area contributed by atoms with Gasteiger partial charge in [-0.05, 0) is 30.7 Å². The maximum atomic E-state index is 10.5. The second-order valence-corrected chi connectivity index (χ2v) is 4.99. The van der Waals surface area contributed by atoms with E-state index in [0.717, 1.165) is 22.9 Å². The summed E-state index contributed by atoms with van der Waals surface area (Å²) in [6.07, 6.45) is 0. The number of thioether (sulfide) groups is 1.